The summed E-state index contributed by atoms with van der Waals surface area (Å²) in [6.45, 7) is 3.37. The highest BCUT2D eigenvalue weighted by Gasteiger charge is 2.32. The van der Waals surface area contributed by atoms with Crippen molar-refractivity contribution in [3.8, 4) is 5.75 Å². The van der Waals surface area contributed by atoms with E-state index in [9.17, 15) is 18.0 Å². The Morgan fingerprint density at radius 1 is 1.24 bits per heavy atom. The third-order valence-corrected chi connectivity index (χ3v) is 1.80. The second-order valence-electron chi connectivity index (χ2n) is 3.63. The lowest BCUT2D eigenvalue weighted by atomic mass is 10.1. The first-order chi connectivity index (χ1) is 7.79. The van der Waals surface area contributed by atoms with E-state index in [1.165, 1.54) is 24.3 Å². The molecule has 5 heteroatoms. The minimum absolute atomic E-state index is 0.106. The largest absolute Gasteiger partial charge is 0.573 e. The third kappa shape index (κ3) is 4.30. The molecule has 2 nitrogen and oxygen atoms in total. The van der Waals surface area contributed by atoms with E-state index in [2.05, 4.69) is 4.74 Å². The van der Waals surface area contributed by atoms with Gasteiger partial charge in [0.25, 0.3) is 0 Å². The molecule has 0 N–H and O–H groups in total. The zero-order valence-corrected chi connectivity index (χ0v) is 9.34. The van der Waals surface area contributed by atoms with Gasteiger partial charge in [-0.3, -0.25) is 4.79 Å². The van der Waals surface area contributed by atoms with Gasteiger partial charge in [0, 0.05) is 0 Å². The van der Waals surface area contributed by atoms with Gasteiger partial charge in [0.1, 0.15) is 5.75 Å². The average molecular weight is 244 g/mol. The quantitative estimate of drug-likeness (QED) is 0.598. The molecule has 0 atom stereocenters. The standard InChI is InChI=1S/C12H11F3O2/c1-8(2)7-10(16)9-5-3-4-6-11(9)17-12(13,14)15/h3-7H,1-2H3. The van der Waals surface area contributed by atoms with Crippen molar-refractivity contribution in [2.45, 2.75) is 20.2 Å². The lowest BCUT2D eigenvalue weighted by Crippen LogP contribution is -2.18. The van der Waals surface area contributed by atoms with E-state index in [0.717, 1.165) is 6.07 Å². The van der Waals surface area contributed by atoms with Crippen LogP contribution in [0.2, 0.25) is 0 Å². The van der Waals surface area contributed by atoms with E-state index in [1.807, 2.05) is 0 Å². The highest BCUT2D eigenvalue weighted by Crippen LogP contribution is 2.26. The monoisotopic (exact) mass is 244 g/mol. The number of benzene rings is 1. The van der Waals surface area contributed by atoms with E-state index in [-0.39, 0.29) is 5.56 Å². The summed E-state index contributed by atoms with van der Waals surface area (Å²) in [5.41, 5.74) is 0.600. The highest BCUT2D eigenvalue weighted by molar-refractivity contribution is 6.06. The maximum atomic E-state index is 12.1. The lowest BCUT2D eigenvalue weighted by molar-refractivity contribution is -0.274. The molecule has 0 aromatic heterocycles. The first-order valence-electron chi connectivity index (χ1n) is 4.83. The normalized spacial score (nSPS) is 10.9. The summed E-state index contributed by atoms with van der Waals surface area (Å²) in [5.74, 6) is -0.993. The van der Waals surface area contributed by atoms with Crippen LogP contribution >= 0.6 is 0 Å². The summed E-state index contributed by atoms with van der Waals surface area (Å²) >= 11 is 0. The van der Waals surface area contributed by atoms with Crippen molar-refractivity contribution >= 4 is 5.78 Å². The molecule has 17 heavy (non-hydrogen) atoms. The van der Waals surface area contributed by atoms with Crippen LogP contribution in [0.25, 0.3) is 0 Å². The molecular formula is C12H11F3O2. The van der Waals surface area contributed by atoms with Gasteiger partial charge < -0.3 is 4.74 Å². The van der Waals surface area contributed by atoms with Crippen molar-refractivity contribution < 1.29 is 22.7 Å². The molecule has 0 amide bonds. The van der Waals surface area contributed by atoms with E-state index in [4.69, 9.17) is 0 Å². The maximum absolute atomic E-state index is 12.1. The SMILES string of the molecule is CC(C)=CC(=O)c1ccccc1OC(F)(F)F. The Balaban J connectivity index is 3.08. The van der Waals surface area contributed by atoms with Gasteiger partial charge in [-0.25, -0.2) is 0 Å². The maximum Gasteiger partial charge on any atom is 0.573 e. The van der Waals surface area contributed by atoms with Crippen molar-refractivity contribution in [1.29, 1.82) is 0 Å². The number of hydrogen-bond acceptors (Lipinski definition) is 2. The molecule has 0 aliphatic rings. The second kappa shape index (κ2) is 5.03. The van der Waals surface area contributed by atoms with Crippen LogP contribution in [0.1, 0.15) is 24.2 Å². The molecule has 0 aliphatic carbocycles. The summed E-state index contributed by atoms with van der Waals surface area (Å²) in [7, 11) is 0. The number of ketones is 1. The minimum Gasteiger partial charge on any atom is -0.405 e. The molecule has 1 aromatic carbocycles. The number of carbonyl (C=O) groups is 1. The Morgan fingerprint density at radius 3 is 2.35 bits per heavy atom. The zero-order chi connectivity index (χ0) is 13.1. The number of alkyl halides is 3. The van der Waals surface area contributed by atoms with Crippen molar-refractivity contribution in [2.75, 3.05) is 0 Å². The fourth-order valence-corrected chi connectivity index (χ4v) is 1.22. The predicted molar refractivity (Wildman–Crippen MR) is 56.9 cm³/mol. The Morgan fingerprint density at radius 2 is 1.82 bits per heavy atom. The first kappa shape index (κ1) is 13.3. The molecule has 0 radical (unpaired) electrons. The van der Waals surface area contributed by atoms with Gasteiger partial charge in [-0.15, -0.1) is 13.2 Å². The molecule has 0 saturated heterocycles. The zero-order valence-electron chi connectivity index (χ0n) is 9.34. The van der Waals surface area contributed by atoms with E-state index >= 15 is 0 Å². The topological polar surface area (TPSA) is 26.3 Å². The smallest absolute Gasteiger partial charge is 0.405 e. The number of rotatable bonds is 3. The molecule has 0 heterocycles. The summed E-state index contributed by atoms with van der Waals surface area (Å²) in [6, 6.07) is 5.26. The molecule has 0 fully saturated rings. The van der Waals surface area contributed by atoms with Gasteiger partial charge in [-0.1, -0.05) is 17.7 Å². The Labute approximate surface area is 96.7 Å². The van der Waals surface area contributed by atoms with Crippen LogP contribution in [0.5, 0.6) is 5.75 Å². The van der Waals surface area contributed by atoms with Crippen LogP contribution in [-0.2, 0) is 0 Å². The number of para-hydroxylation sites is 1. The highest BCUT2D eigenvalue weighted by atomic mass is 19.4. The molecule has 0 bridgehead atoms. The Kier molecular flexibility index (Phi) is 3.93. The molecule has 0 spiro atoms. The van der Waals surface area contributed by atoms with E-state index in [1.54, 1.807) is 13.8 Å². The van der Waals surface area contributed by atoms with Gasteiger partial charge >= 0.3 is 6.36 Å². The number of ether oxygens (including phenoxy) is 1. The summed E-state index contributed by atoms with van der Waals surface area (Å²) in [4.78, 5) is 11.6. The van der Waals surface area contributed by atoms with E-state index < -0.39 is 17.9 Å². The number of halogens is 3. The van der Waals surface area contributed by atoms with Crippen LogP contribution in [0.15, 0.2) is 35.9 Å². The van der Waals surface area contributed by atoms with Gasteiger partial charge in [0.2, 0.25) is 0 Å². The minimum atomic E-state index is -4.80. The lowest BCUT2D eigenvalue weighted by Gasteiger charge is -2.11. The average Bonchev–Trinajstić information content (AvgIpc) is 2.14. The van der Waals surface area contributed by atoms with Crippen LogP contribution < -0.4 is 4.74 Å². The summed E-state index contributed by atoms with van der Waals surface area (Å²) in [6.07, 6.45) is -3.54. The van der Waals surface area contributed by atoms with Crippen molar-refractivity contribution in [1.82, 2.24) is 0 Å². The second-order valence-corrected chi connectivity index (χ2v) is 3.63. The number of carbonyl (C=O) groups excluding carboxylic acids is 1. The number of allylic oxidation sites excluding steroid dienone is 2. The molecule has 0 aliphatic heterocycles. The van der Waals surface area contributed by atoms with Crippen molar-refractivity contribution in [3.63, 3.8) is 0 Å². The van der Waals surface area contributed by atoms with Crippen LogP contribution in [0.4, 0.5) is 13.2 Å². The molecule has 1 rings (SSSR count). The predicted octanol–water partition coefficient (Wildman–Crippen LogP) is 3.73. The van der Waals surface area contributed by atoms with E-state index in [0.29, 0.717) is 5.57 Å². The molecular weight excluding hydrogens is 233 g/mol. The first-order valence-corrected chi connectivity index (χ1v) is 4.83. The molecule has 0 unspecified atom stereocenters. The van der Waals surface area contributed by atoms with Gasteiger partial charge in [0.05, 0.1) is 5.56 Å². The van der Waals surface area contributed by atoms with Crippen molar-refractivity contribution in [3.05, 3.63) is 41.5 Å². The molecule has 92 valence electrons. The number of hydrogen-bond donors (Lipinski definition) is 0. The van der Waals surface area contributed by atoms with Crippen LogP contribution in [0, 0.1) is 0 Å². The fraction of sp³-hybridized carbons (Fsp3) is 0.250. The summed E-state index contributed by atoms with van der Waals surface area (Å²) in [5, 5.41) is 0. The third-order valence-electron chi connectivity index (χ3n) is 1.80. The fourth-order valence-electron chi connectivity index (χ4n) is 1.22. The van der Waals surface area contributed by atoms with Gasteiger partial charge in [-0.05, 0) is 32.1 Å². The Bertz CT molecular complexity index is 443. The summed E-state index contributed by atoms with van der Waals surface area (Å²) < 4.78 is 40.1. The van der Waals surface area contributed by atoms with Gasteiger partial charge in [0.15, 0.2) is 5.78 Å². The Hall–Kier alpha value is -1.78. The van der Waals surface area contributed by atoms with Crippen molar-refractivity contribution in [2.24, 2.45) is 0 Å². The molecule has 0 saturated carbocycles. The molecule has 1 aromatic rings. The van der Waals surface area contributed by atoms with Crippen LogP contribution in [0.3, 0.4) is 0 Å². The van der Waals surface area contributed by atoms with Crippen LogP contribution in [-0.4, -0.2) is 12.1 Å². The van der Waals surface area contributed by atoms with Gasteiger partial charge in [-0.2, -0.15) is 0 Å².